The maximum absolute atomic E-state index is 16.0. The molecule has 0 fully saturated rings. The van der Waals surface area contributed by atoms with Crippen LogP contribution in [0.15, 0.2) is 55.4 Å². The fourth-order valence-corrected chi connectivity index (χ4v) is 4.23. The zero-order valence-electron chi connectivity index (χ0n) is 19.2. The smallest absolute Gasteiger partial charge is 0.166 e. The van der Waals surface area contributed by atoms with Crippen molar-refractivity contribution in [2.45, 2.75) is 20.4 Å². The third kappa shape index (κ3) is 3.64. The van der Waals surface area contributed by atoms with Crippen molar-refractivity contribution in [1.29, 1.82) is 0 Å². The highest BCUT2D eigenvalue weighted by Gasteiger charge is 2.20. The lowest BCUT2D eigenvalue weighted by atomic mass is 10.0. The lowest BCUT2D eigenvalue weighted by molar-refractivity contribution is 0.643. The number of fused-ring (bicyclic) bond motifs is 2. The Bertz CT molecular complexity index is 1680. The van der Waals surface area contributed by atoms with Crippen LogP contribution in [-0.2, 0) is 6.54 Å². The van der Waals surface area contributed by atoms with Crippen LogP contribution in [-0.4, -0.2) is 46.2 Å². The topological polar surface area (TPSA) is 113 Å². The molecule has 174 valence electrons. The zero-order chi connectivity index (χ0) is 23.9. The molecular formula is C25H22FN9. The molecule has 5 aromatic heterocycles. The Kier molecular flexibility index (Phi) is 5.07. The Labute approximate surface area is 199 Å². The number of aromatic nitrogens is 8. The van der Waals surface area contributed by atoms with Gasteiger partial charge in [-0.15, -0.1) is 0 Å². The van der Waals surface area contributed by atoms with Crippen molar-refractivity contribution in [3.05, 3.63) is 72.5 Å². The predicted molar refractivity (Wildman–Crippen MR) is 131 cm³/mol. The third-order valence-corrected chi connectivity index (χ3v) is 5.91. The molecule has 0 atom stereocenters. The standard InChI is InChI=1S/C25H22FN9/c1-3-27-9-15-8-16(11-28-10-15)17-4-5-18-20(21(17)26)23(34-33-18)24-31-19-6-7-29-25(22(19)32-24)35-12-14(2)30-13-35/h4-8,10-13,27H,3,9H2,1-2H3,(H,31,32)(H,33,34). The molecule has 0 saturated heterocycles. The van der Waals surface area contributed by atoms with Crippen molar-refractivity contribution in [3.63, 3.8) is 0 Å². The van der Waals surface area contributed by atoms with Gasteiger partial charge in [0.05, 0.1) is 22.1 Å². The number of benzene rings is 1. The predicted octanol–water partition coefficient (Wildman–Crippen LogP) is 4.31. The number of H-pyrrole nitrogens is 2. The fraction of sp³-hybridized carbons (Fsp3) is 0.160. The Morgan fingerprint density at radius 2 is 2.03 bits per heavy atom. The number of halogens is 1. The summed E-state index contributed by atoms with van der Waals surface area (Å²) in [4.78, 5) is 21.1. The maximum Gasteiger partial charge on any atom is 0.166 e. The molecule has 0 aliphatic heterocycles. The number of aromatic amines is 2. The number of rotatable bonds is 6. The molecule has 0 aliphatic rings. The van der Waals surface area contributed by atoms with Gasteiger partial charge in [-0.3, -0.25) is 14.6 Å². The fourth-order valence-electron chi connectivity index (χ4n) is 4.23. The van der Waals surface area contributed by atoms with Crippen LogP contribution >= 0.6 is 0 Å². The molecule has 0 amide bonds. The van der Waals surface area contributed by atoms with Crippen molar-refractivity contribution < 1.29 is 4.39 Å². The molecule has 0 bridgehead atoms. The Morgan fingerprint density at radius 1 is 1.11 bits per heavy atom. The summed E-state index contributed by atoms with van der Waals surface area (Å²) in [6.07, 6.45) is 8.73. The average Bonchev–Trinajstić information content (AvgIpc) is 3.60. The van der Waals surface area contributed by atoms with Gasteiger partial charge in [-0.05, 0) is 43.3 Å². The van der Waals surface area contributed by atoms with Crippen molar-refractivity contribution in [3.8, 4) is 28.5 Å². The zero-order valence-corrected chi connectivity index (χ0v) is 19.2. The average molecular weight is 468 g/mol. The molecule has 0 unspecified atom stereocenters. The van der Waals surface area contributed by atoms with Gasteiger partial charge in [-0.2, -0.15) is 5.10 Å². The second-order valence-electron chi connectivity index (χ2n) is 8.32. The number of pyridine rings is 2. The van der Waals surface area contributed by atoms with Gasteiger partial charge < -0.3 is 10.3 Å². The Morgan fingerprint density at radius 3 is 2.86 bits per heavy atom. The van der Waals surface area contributed by atoms with E-state index in [4.69, 9.17) is 4.98 Å². The van der Waals surface area contributed by atoms with Gasteiger partial charge in [-0.25, -0.2) is 19.3 Å². The van der Waals surface area contributed by atoms with Crippen molar-refractivity contribution in [2.75, 3.05) is 6.54 Å². The second-order valence-corrected chi connectivity index (χ2v) is 8.32. The lowest BCUT2D eigenvalue weighted by Gasteiger charge is -2.07. The van der Waals surface area contributed by atoms with E-state index in [1.54, 1.807) is 31.0 Å². The van der Waals surface area contributed by atoms with Crippen LogP contribution in [0.25, 0.3) is 50.4 Å². The van der Waals surface area contributed by atoms with Gasteiger partial charge in [-0.1, -0.05) is 6.92 Å². The van der Waals surface area contributed by atoms with Crippen LogP contribution < -0.4 is 5.32 Å². The Hall–Kier alpha value is -4.44. The van der Waals surface area contributed by atoms with Gasteiger partial charge in [0.1, 0.15) is 23.4 Å². The first-order valence-corrected chi connectivity index (χ1v) is 11.3. The summed E-state index contributed by atoms with van der Waals surface area (Å²) >= 11 is 0. The highest BCUT2D eigenvalue weighted by molar-refractivity contribution is 5.97. The monoisotopic (exact) mass is 467 g/mol. The molecule has 0 saturated carbocycles. The first-order valence-electron chi connectivity index (χ1n) is 11.3. The van der Waals surface area contributed by atoms with Crippen LogP contribution in [0.3, 0.4) is 0 Å². The van der Waals surface area contributed by atoms with Crippen molar-refractivity contribution in [2.24, 2.45) is 0 Å². The first-order chi connectivity index (χ1) is 17.1. The van der Waals surface area contributed by atoms with Gasteiger partial charge in [0.25, 0.3) is 0 Å². The number of nitrogens with zero attached hydrogens (tertiary/aromatic N) is 6. The largest absolute Gasteiger partial charge is 0.336 e. The lowest BCUT2D eigenvalue weighted by Crippen LogP contribution is -2.11. The quantitative estimate of drug-likeness (QED) is 0.337. The minimum Gasteiger partial charge on any atom is -0.336 e. The van der Waals surface area contributed by atoms with Gasteiger partial charge in [0, 0.05) is 42.5 Å². The molecule has 3 N–H and O–H groups in total. The van der Waals surface area contributed by atoms with E-state index >= 15 is 4.39 Å². The summed E-state index contributed by atoms with van der Waals surface area (Å²) in [5.41, 5.74) is 5.43. The van der Waals surface area contributed by atoms with E-state index in [1.165, 1.54) is 0 Å². The molecule has 5 heterocycles. The molecule has 35 heavy (non-hydrogen) atoms. The number of aryl methyl sites for hydroxylation is 1. The molecule has 10 heteroatoms. The summed E-state index contributed by atoms with van der Waals surface area (Å²) in [7, 11) is 0. The van der Waals surface area contributed by atoms with E-state index in [0.29, 0.717) is 51.4 Å². The molecule has 0 spiro atoms. The minimum absolute atomic E-state index is 0.367. The normalized spacial score (nSPS) is 11.6. The summed E-state index contributed by atoms with van der Waals surface area (Å²) < 4.78 is 17.8. The third-order valence-electron chi connectivity index (χ3n) is 5.91. The summed E-state index contributed by atoms with van der Waals surface area (Å²) in [6, 6.07) is 7.35. The number of nitrogens with one attached hydrogen (secondary N) is 3. The Balaban J connectivity index is 1.48. The van der Waals surface area contributed by atoms with Crippen LogP contribution in [0, 0.1) is 12.7 Å². The molecule has 0 radical (unpaired) electrons. The van der Waals surface area contributed by atoms with E-state index in [1.807, 2.05) is 42.8 Å². The number of hydrogen-bond acceptors (Lipinski definition) is 6. The van der Waals surface area contributed by atoms with Gasteiger partial charge >= 0.3 is 0 Å². The first kappa shape index (κ1) is 21.1. The van der Waals surface area contributed by atoms with E-state index in [9.17, 15) is 0 Å². The summed E-state index contributed by atoms with van der Waals surface area (Å²) in [5.74, 6) is 0.709. The summed E-state index contributed by atoms with van der Waals surface area (Å²) in [5, 5.41) is 11.0. The summed E-state index contributed by atoms with van der Waals surface area (Å²) in [6.45, 7) is 5.47. The molecule has 6 aromatic rings. The van der Waals surface area contributed by atoms with E-state index in [2.05, 4.69) is 35.5 Å². The molecule has 0 aliphatic carbocycles. The van der Waals surface area contributed by atoms with E-state index in [-0.39, 0.29) is 5.82 Å². The highest BCUT2D eigenvalue weighted by atomic mass is 19.1. The van der Waals surface area contributed by atoms with E-state index < -0.39 is 0 Å². The van der Waals surface area contributed by atoms with Crippen LogP contribution in [0.1, 0.15) is 18.2 Å². The highest BCUT2D eigenvalue weighted by Crippen LogP contribution is 2.34. The SMILES string of the molecule is CCNCc1cncc(-c2ccc3[nH]nc(-c4nc5c(-n6cnc(C)c6)nccc5[nH]4)c3c2F)c1. The molecular weight excluding hydrogens is 445 g/mol. The maximum atomic E-state index is 16.0. The van der Waals surface area contributed by atoms with Gasteiger partial charge in [0.2, 0.25) is 0 Å². The number of imidazole rings is 2. The van der Waals surface area contributed by atoms with Crippen LogP contribution in [0.2, 0.25) is 0 Å². The molecule has 1 aromatic carbocycles. The van der Waals surface area contributed by atoms with Crippen molar-refractivity contribution >= 4 is 21.9 Å². The van der Waals surface area contributed by atoms with Crippen LogP contribution in [0.4, 0.5) is 4.39 Å². The minimum atomic E-state index is -0.377. The second kappa shape index (κ2) is 8.41. The van der Waals surface area contributed by atoms with Crippen LogP contribution in [0.5, 0.6) is 0 Å². The molecule has 9 nitrogen and oxygen atoms in total. The van der Waals surface area contributed by atoms with Crippen molar-refractivity contribution in [1.82, 2.24) is 45.0 Å². The van der Waals surface area contributed by atoms with E-state index in [0.717, 1.165) is 23.3 Å². The van der Waals surface area contributed by atoms with Gasteiger partial charge in [0.15, 0.2) is 11.6 Å². The number of hydrogen-bond donors (Lipinski definition) is 3. The molecule has 6 rings (SSSR count).